The average molecular weight is 1370 g/mol. The normalized spacial score (nSPS) is 8.53. The lowest BCUT2D eigenvalue weighted by molar-refractivity contribution is -0.140. The van der Waals surface area contributed by atoms with Crippen molar-refractivity contribution in [3.8, 4) is 0 Å². The van der Waals surface area contributed by atoms with E-state index in [-0.39, 0.29) is 42.3 Å². The predicted octanol–water partition coefficient (Wildman–Crippen LogP) is 10.4. The second kappa shape index (κ2) is 198. The van der Waals surface area contributed by atoms with Gasteiger partial charge in [-0.15, -0.1) is 0 Å². The highest BCUT2D eigenvalue weighted by molar-refractivity contribution is 5.91. The monoisotopic (exact) mass is 1370 g/mol. The molecule has 25 nitrogen and oxygen atoms in total. The number of nitrogens with one attached hydrogen (secondary N) is 1. The van der Waals surface area contributed by atoms with Gasteiger partial charge in [-0.1, -0.05) is 198 Å². The number of benzene rings is 2. The van der Waals surface area contributed by atoms with Crippen LogP contribution in [-0.2, 0) is 70.4 Å². The van der Waals surface area contributed by atoms with Crippen molar-refractivity contribution < 1.29 is 62.6 Å². The molecule has 1 aliphatic rings. The SMILES string of the molecule is C=O.C=O.C=O.C=O.C=O.C=O.C=O.C=O.C=O.CC.CC.CC(=O)N(C)[C@@H](Cc1ccccc1)C(=O)N[C@@H](C)C(=O)N1CCCCC1.CC(C)C.CC(C)O.CCC(C)C.CCC(C)C.CCC(C)C.CCc1ccccc1.CN.CN.CN.CN.CN.CN.N.N.N. The number of piperidine rings is 1. The van der Waals surface area contributed by atoms with Crippen LogP contribution in [0.15, 0.2) is 60.7 Å². The Morgan fingerprint density at radius 3 is 0.830 bits per heavy atom. The number of hydrogen-bond acceptors (Lipinski definition) is 22. The Morgan fingerprint density at radius 1 is 0.457 bits per heavy atom. The van der Waals surface area contributed by atoms with E-state index in [9.17, 15) is 14.4 Å². The van der Waals surface area contributed by atoms with Gasteiger partial charge in [-0.3, -0.25) is 14.4 Å². The van der Waals surface area contributed by atoms with Crippen LogP contribution in [0.25, 0.3) is 0 Å². The maximum atomic E-state index is 12.8. The molecule has 23 N–H and O–H groups in total. The Morgan fingerprint density at radius 2 is 0.660 bits per heavy atom. The summed E-state index contributed by atoms with van der Waals surface area (Å²) in [6.07, 6.45) is 8.47. The summed E-state index contributed by atoms with van der Waals surface area (Å²) in [6.45, 7) is 62.7. The summed E-state index contributed by atoms with van der Waals surface area (Å²) in [4.78, 5) is 112. The third-order valence-electron chi connectivity index (χ3n) is 8.64. The van der Waals surface area contributed by atoms with Crippen molar-refractivity contribution in [3.63, 3.8) is 0 Å². The van der Waals surface area contributed by atoms with Crippen LogP contribution in [-0.4, -0.2) is 174 Å². The van der Waals surface area contributed by atoms with Crippen molar-refractivity contribution in [3.05, 3.63) is 71.8 Å². The average Bonchev–Trinajstić information content (AvgIpc) is 0.927. The highest BCUT2D eigenvalue weighted by atomic mass is 16.3. The third-order valence-corrected chi connectivity index (χ3v) is 8.64. The molecule has 2 aromatic carbocycles. The first-order valence-electron chi connectivity index (χ1n) is 30.3. The molecule has 2 aromatic rings. The van der Waals surface area contributed by atoms with Gasteiger partial charge >= 0.3 is 0 Å². The summed E-state index contributed by atoms with van der Waals surface area (Å²) >= 11 is 0. The zero-order valence-corrected chi connectivity index (χ0v) is 66.1. The van der Waals surface area contributed by atoms with Crippen molar-refractivity contribution in [2.75, 3.05) is 62.4 Å². The molecule has 1 heterocycles. The van der Waals surface area contributed by atoms with Crippen molar-refractivity contribution in [2.45, 2.75) is 215 Å². The minimum absolute atomic E-state index is 0. The van der Waals surface area contributed by atoms with Gasteiger partial charge in [0.25, 0.3) is 0 Å². The lowest BCUT2D eigenvalue weighted by Gasteiger charge is -2.31. The fraction of sp³-hybridized carbons (Fsp3) is 0.652. The topological polar surface area (TPSA) is 505 Å². The maximum absolute atomic E-state index is 12.8. The molecule has 1 fully saturated rings. The van der Waals surface area contributed by atoms with Crippen LogP contribution in [0.1, 0.15) is 195 Å². The molecule has 0 aromatic heterocycles. The molecule has 3 amide bonds. The van der Waals surface area contributed by atoms with E-state index in [1.165, 1.54) is 78.9 Å². The number of amides is 3. The zero-order valence-electron chi connectivity index (χ0n) is 66.1. The molecule has 0 spiro atoms. The molecule has 0 radical (unpaired) electrons. The van der Waals surface area contributed by atoms with Gasteiger partial charge in [-0.25, -0.2) is 0 Å². The standard InChI is InChI=1S/C20H29N3O3.C8H10.3C5H12.C4H10.C3H8O.2C2H6.6CH5N.9CH2O.3H3N/c1-15(20(26)23-12-8-5-9-13-23)21-19(25)18(22(3)16(2)24)14-17-10-6-4-7-11-17;1-2-8-6-4-3-5-7-8;3*1-4-5(2)3;1-4(2)3;1-3(2)4;17*1-2;;;/h4,6-7,10-11,15,18H,5,8-9,12-14H2,1-3H3,(H,21,25);3-7H,2H2,1H3;3*5H,4H2,1-3H3;4H,1-3H3;3-4H,1-2H3;2*1-2H3;6*2H2,1H3;9*1H2;3*1H3/t15-,18-;;;;;;;;;;;;;;;;;;;;;;;;;;/m0........................../s1. The first-order chi connectivity index (χ1) is 43.6. The number of nitrogens with two attached hydrogens (primary N) is 6. The molecule has 3 rings (SSSR count). The van der Waals surface area contributed by atoms with Crippen molar-refractivity contribution in [2.24, 2.45) is 58.1 Å². The molecular formula is C69H162N12O13. The lowest BCUT2D eigenvalue weighted by atomic mass is 10.0. The minimum Gasteiger partial charge on any atom is -0.394 e. The number of nitrogens with zero attached hydrogens (tertiary/aromatic N) is 2. The van der Waals surface area contributed by atoms with E-state index in [0.717, 1.165) is 68.0 Å². The zero-order chi connectivity index (χ0) is 78.9. The molecule has 1 saturated heterocycles. The van der Waals surface area contributed by atoms with E-state index in [1.54, 1.807) is 27.8 Å². The number of aliphatic hydroxyl groups excluding tert-OH is 1. The summed E-state index contributed by atoms with van der Waals surface area (Å²) in [6, 6.07) is 18.8. The fourth-order valence-corrected chi connectivity index (χ4v) is 3.94. The first-order valence-corrected chi connectivity index (χ1v) is 30.3. The molecule has 0 unspecified atom stereocenters. The number of carbonyl (C=O) groups excluding carboxylic acids is 12. The molecule has 1 aliphatic heterocycles. The molecule has 0 aliphatic carbocycles. The number of likely N-dealkylation sites (N-methyl/N-ethyl adjacent to an activating group) is 1. The first kappa shape index (κ1) is 162. The Bertz CT molecular complexity index is 1330. The quantitative estimate of drug-likeness (QED) is 0.105. The minimum atomic E-state index is -0.647. The van der Waals surface area contributed by atoms with Crippen LogP contribution >= 0.6 is 0 Å². The highest BCUT2D eigenvalue weighted by Crippen LogP contribution is 2.12. The van der Waals surface area contributed by atoms with E-state index in [1.807, 2.05) is 130 Å². The van der Waals surface area contributed by atoms with Crippen LogP contribution < -0.4 is 58.2 Å². The molecule has 0 saturated carbocycles. The van der Waals surface area contributed by atoms with E-state index in [0.29, 0.717) is 6.42 Å². The fourth-order valence-electron chi connectivity index (χ4n) is 3.94. The van der Waals surface area contributed by atoms with Crippen LogP contribution in [0.4, 0.5) is 0 Å². The Hall–Kier alpha value is -6.52. The Kier molecular flexibility index (Phi) is 342. The summed E-state index contributed by atoms with van der Waals surface area (Å²) < 4.78 is 0. The number of aliphatic hydroxyl groups is 1. The van der Waals surface area contributed by atoms with Crippen LogP contribution in [0.3, 0.4) is 0 Å². The van der Waals surface area contributed by atoms with E-state index >= 15 is 0 Å². The summed E-state index contributed by atoms with van der Waals surface area (Å²) in [5, 5.41) is 10.9. The molecule has 0 bridgehead atoms. The summed E-state index contributed by atoms with van der Waals surface area (Å²) in [7, 11) is 10.6. The summed E-state index contributed by atoms with van der Waals surface area (Å²) in [5.41, 5.74) is 29.4. The van der Waals surface area contributed by atoms with Gasteiger partial charge in [-0.05, 0) is 124 Å². The number of carbonyl (C=O) groups is 12. The second-order valence-electron chi connectivity index (χ2n) is 17.0. The molecule has 25 heteroatoms. The van der Waals surface area contributed by atoms with Crippen LogP contribution in [0, 0.1) is 23.7 Å². The van der Waals surface area contributed by atoms with Crippen molar-refractivity contribution in [1.82, 2.24) is 33.6 Å². The predicted molar refractivity (Wildman–Crippen MR) is 412 cm³/mol. The summed E-state index contributed by atoms with van der Waals surface area (Å²) in [5.74, 6) is 2.95. The van der Waals surface area contributed by atoms with Gasteiger partial charge in [0.2, 0.25) is 17.7 Å². The van der Waals surface area contributed by atoms with Gasteiger partial charge in [0.05, 0.1) is 0 Å². The van der Waals surface area contributed by atoms with E-state index in [4.69, 9.17) is 48.3 Å². The second-order valence-corrected chi connectivity index (χ2v) is 17.0. The maximum Gasteiger partial charge on any atom is 0.244 e. The Balaban J connectivity index is -0.0000000279. The molecular weight excluding hydrogens is 1200 g/mol. The van der Waals surface area contributed by atoms with Gasteiger partial charge in [0.1, 0.15) is 73.2 Å². The van der Waals surface area contributed by atoms with Crippen LogP contribution in [0.2, 0.25) is 0 Å². The van der Waals surface area contributed by atoms with E-state index in [2.05, 4.69) is 154 Å². The molecule has 94 heavy (non-hydrogen) atoms. The van der Waals surface area contributed by atoms with Gasteiger partial charge in [0.15, 0.2) is 0 Å². The van der Waals surface area contributed by atoms with Crippen molar-refractivity contribution in [1.29, 1.82) is 0 Å². The highest BCUT2D eigenvalue weighted by Gasteiger charge is 2.29. The number of aryl methyl sites for hydroxylation is 1. The number of rotatable bonds is 10. The Labute approximate surface area is 580 Å². The van der Waals surface area contributed by atoms with Gasteiger partial charge < -0.3 is 116 Å². The smallest absolute Gasteiger partial charge is 0.244 e. The largest absolute Gasteiger partial charge is 0.394 e. The van der Waals surface area contributed by atoms with Crippen LogP contribution in [0.5, 0.6) is 0 Å². The number of hydrogen-bond donors (Lipinski definition) is 11. The molecule has 576 valence electrons. The van der Waals surface area contributed by atoms with Crippen molar-refractivity contribution >= 4 is 78.8 Å². The third kappa shape index (κ3) is 213. The number of likely N-dealkylation sites (tertiary alicyclic amines) is 1. The van der Waals surface area contributed by atoms with E-state index < -0.39 is 12.1 Å². The lowest BCUT2D eigenvalue weighted by Crippen LogP contribution is -2.54. The van der Waals surface area contributed by atoms with Gasteiger partial charge in [-0.2, -0.15) is 0 Å². The van der Waals surface area contributed by atoms with Gasteiger partial charge in [0, 0.05) is 39.6 Å². The molecule has 2 atom stereocenters.